The molecule has 0 aliphatic carbocycles. The van der Waals surface area contributed by atoms with E-state index in [-0.39, 0.29) is 5.84 Å². The summed E-state index contributed by atoms with van der Waals surface area (Å²) in [6.45, 7) is 8.91. The maximum Gasteiger partial charge on any atom is 0.143 e. The molecule has 1 aromatic rings. The van der Waals surface area contributed by atoms with Gasteiger partial charge in [0.05, 0.1) is 5.69 Å². The molecule has 0 aromatic carbocycles. The molecule has 1 unspecified atom stereocenters. The summed E-state index contributed by atoms with van der Waals surface area (Å²) < 4.78 is 0. The van der Waals surface area contributed by atoms with Crippen LogP contribution in [0.2, 0.25) is 0 Å². The van der Waals surface area contributed by atoms with Gasteiger partial charge in [0.25, 0.3) is 0 Å². The summed E-state index contributed by atoms with van der Waals surface area (Å²) in [5.74, 6) is 0.724. The number of pyridine rings is 1. The van der Waals surface area contributed by atoms with Crippen molar-refractivity contribution in [2.24, 2.45) is 17.1 Å². The van der Waals surface area contributed by atoms with Gasteiger partial charge in [-0.2, -0.15) is 0 Å². The van der Waals surface area contributed by atoms with E-state index >= 15 is 0 Å². The molecular formula is C14H22N4. The number of hydrogen-bond acceptors (Lipinski definition) is 3. The monoisotopic (exact) mass is 246 g/mol. The first-order valence-electron chi connectivity index (χ1n) is 6.44. The standard InChI is InChI=1S/C14H22N4/c1-14(2,3)10-6-8-18(9-10)11-5-4-7-17-12(11)13(15)16/h4-5,7,10H,6,8-9H2,1-3H3,(H3,15,16). The van der Waals surface area contributed by atoms with E-state index in [9.17, 15) is 0 Å². The SMILES string of the molecule is CC(C)(C)C1CCN(c2cccnc2C(=N)N)C1. The average Bonchev–Trinajstić information content (AvgIpc) is 2.77. The van der Waals surface area contributed by atoms with Crippen LogP contribution in [0.5, 0.6) is 0 Å². The first-order valence-corrected chi connectivity index (χ1v) is 6.44. The van der Waals surface area contributed by atoms with Gasteiger partial charge in [0, 0.05) is 19.3 Å². The van der Waals surface area contributed by atoms with Gasteiger partial charge in [-0.15, -0.1) is 0 Å². The number of nitrogens with zero attached hydrogens (tertiary/aromatic N) is 2. The Balaban J connectivity index is 2.22. The molecule has 1 aromatic heterocycles. The molecule has 2 rings (SSSR count). The van der Waals surface area contributed by atoms with Gasteiger partial charge < -0.3 is 10.6 Å². The highest BCUT2D eigenvalue weighted by Gasteiger charge is 2.32. The lowest BCUT2D eigenvalue weighted by molar-refractivity contribution is 0.263. The fourth-order valence-electron chi connectivity index (χ4n) is 2.55. The molecule has 0 spiro atoms. The third-order valence-electron chi connectivity index (χ3n) is 3.80. The minimum Gasteiger partial charge on any atom is -0.382 e. The smallest absolute Gasteiger partial charge is 0.143 e. The van der Waals surface area contributed by atoms with Crippen molar-refractivity contribution >= 4 is 11.5 Å². The lowest BCUT2D eigenvalue weighted by Crippen LogP contribution is -2.28. The normalized spacial score (nSPS) is 20.2. The number of rotatable bonds is 2. The Kier molecular flexibility index (Phi) is 3.28. The molecule has 1 aliphatic heterocycles. The van der Waals surface area contributed by atoms with Crippen molar-refractivity contribution < 1.29 is 0 Å². The first kappa shape index (κ1) is 12.9. The average molecular weight is 246 g/mol. The Morgan fingerprint density at radius 2 is 2.22 bits per heavy atom. The predicted molar refractivity (Wildman–Crippen MR) is 75.0 cm³/mol. The first-order chi connectivity index (χ1) is 8.39. The third kappa shape index (κ3) is 2.47. The van der Waals surface area contributed by atoms with Crippen LogP contribution in [0, 0.1) is 16.7 Å². The van der Waals surface area contributed by atoms with Crippen molar-refractivity contribution in [3.8, 4) is 0 Å². The molecule has 1 atom stereocenters. The van der Waals surface area contributed by atoms with Crippen LogP contribution in [0.25, 0.3) is 0 Å². The van der Waals surface area contributed by atoms with E-state index in [0.29, 0.717) is 17.0 Å². The van der Waals surface area contributed by atoms with Crippen LogP contribution in [0.3, 0.4) is 0 Å². The molecule has 4 heteroatoms. The van der Waals surface area contributed by atoms with E-state index in [2.05, 4.69) is 30.7 Å². The van der Waals surface area contributed by atoms with Gasteiger partial charge in [0.2, 0.25) is 0 Å². The van der Waals surface area contributed by atoms with E-state index < -0.39 is 0 Å². The zero-order valence-electron chi connectivity index (χ0n) is 11.4. The molecule has 98 valence electrons. The Morgan fingerprint density at radius 3 is 2.78 bits per heavy atom. The molecule has 0 bridgehead atoms. The number of hydrogen-bond donors (Lipinski definition) is 2. The fourth-order valence-corrected chi connectivity index (χ4v) is 2.55. The summed E-state index contributed by atoms with van der Waals surface area (Å²) in [7, 11) is 0. The van der Waals surface area contributed by atoms with Crippen molar-refractivity contribution in [3.63, 3.8) is 0 Å². The van der Waals surface area contributed by atoms with E-state index in [1.165, 1.54) is 6.42 Å². The summed E-state index contributed by atoms with van der Waals surface area (Å²) in [5, 5.41) is 7.60. The van der Waals surface area contributed by atoms with Crippen LogP contribution < -0.4 is 10.6 Å². The van der Waals surface area contributed by atoms with Crippen LogP contribution in [-0.2, 0) is 0 Å². The number of amidine groups is 1. The van der Waals surface area contributed by atoms with Crippen molar-refractivity contribution in [1.82, 2.24) is 4.98 Å². The Labute approximate surface area is 109 Å². The summed E-state index contributed by atoms with van der Waals surface area (Å²) in [5.41, 5.74) is 7.52. The second-order valence-electron chi connectivity index (χ2n) is 6.08. The topological polar surface area (TPSA) is 66.0 Å². The van der Waals surface area contributed by atoms with Crippen LogP contribution >= 0.6 is 0 Å². The highest BCUT2D eigenvalue weighted by Crippen LogP contribution is 2.36. The highest BCUT2D eigenvalue weighted by molar-refractivity contribution is 5.98. The van der Waals surface area contributed by atoms with E-state index in [1.54, 1.807) is 6.20 Å². The molecule has 4 nitrogen and oxygen atoms in total. The minimum absolute atomic E-state index is 0.0461. The lowest BCUT2D eigenvalue weighted by Gasteiger charge is -2.28. The number of nitrogens with two attached hydrogens (primary N) is 1. The van der Waals surface area contributed by atoms with Gasteiger partial charge in [0.15, 0.2) is 0 Å². The lowest BCUT2D eigenvalue weighted by atomic mass is 9.80. The summed E-state index contributed by atoms with van der Waals surface area (Å²) in [6, 6.07) is 3.92. The van der Waals surface area contributed by atoms with Crippen LogP contribution in [0.4, 0.5) is 5.69 Å². The molecule has 3 N–H and O–H groups in total. The Bertz CT molecular complexity index is 447. The van der Waals surface area contributed by atoms with Crippen molar-refractivity contribution in [2.75, 3.05) is 18.0 Å². The number of anilines is 1. The molecule has 0 saturated carbocycles. The van der Waals surface area contributed by atoms with Gasteiger partial charge >= 0.3 is 0 Å². The fraction of sp³-hybridized carbons (Fsp3) is 0.571. The maximum atomic E-state index is 7.60. The Morgan fingerprint density at radius 1 is 1.50 bits per heavy atom. The molecule has 1 saturated heterocycles. The van der Waals surface area contributed by atoms with Gasteiger partial charge in [-0.25, -0.2) is 0 Å². The van der Waals surface area contributed by atoms with Gasteiger partial charge in [-0.3, -0.25) is 10.4 Å². The third-order valence-corrected chi connectivity index (χ3v) is 3.80. The Hall–Kier alpha value is -1.58. The predicted octanol–water partition coefficient (Wildman–Crippen LogP) is 2.24. The van der Waals surface area contributed by atoms with E-state index in [1.807, 2.05) is 12.1 Å². The molecule has 0 radical (unpaired) electrons. The van der Waals surface area contributed by atoms with E-state index in [0.717, 1.165) is 18.8 Å². The molecular weight excluding hydrogens is 224 g/mol. The van der Waals surface area contributed by atoms with Gasteiger partial charge in [-0.1, -0.05) is 20.8 Å². The van der Waals surface area contributed by atoms with E-state index in [4.69, 9.17) is 11.1 Å². The molecule has 0 amide bonds. The minimum atomic E-state index is 0.0461. The van der Waals surface area contributed by atoms with Crippen molar-refractivity contribution in [2.45, 2.75) is 27.2 Å². The zero-order chi connectivity index (χ0) is 13.3. The molecule has 1 fully saturated rings. The zero-order valence-corrected chi connectivity index (χ0v) is 11.4. The molecule has 2 heterocycles. The second-order valence-corrected chi connectivity index (χ2v) is 6.08. The van der Waals surface area contributed by atoms with Crippen LogP contribution in [0.1, 0.15) is 32.9 Å². The number of aromatic nitrogens is 1. The van der Waals surface area contributed by atoms with Crippen LogP contribution in [0.15, 0.2) is 18.3 Å². The van der Waals surface area contributed by atoms with Crippen molar-refractivity contribution in [1.29, 1.82) is 5.41 Å². The van der Waals surface area contributed by atoms with Crippen molar-refractivity contribution in [3.05, 3.63) is 24.0 Å². The summed E-state index contributed by atoms with van der Waals surface area (Å²) in [6.07, 6.45) is 2.88. The van der Waals surface area contributed by atoms with Gasteiger partial charge in [-0.05, 0) is 29.9 Å². The molecule has 1 aliphatic rings. The summed E-state index contributed by atoms with van der Waals surface area (Å²) in [4.78, 5) is 6.52. The number of nitrogens with one attached hydrogen (secondary N) is 1. The van der Waals surface area contributed by atoms with Gasteiger partial charge in [0.1, 0.15) is 11.5 Å². The second kappa shape index (κ2) is 4.59. The summed E-state index contributed by atoms with van der Waals surface area (Å²) >= 11 is 0. The number of nitrogen functional groups attached to an aromatic ring is 1. The largest absolute Gasteiger partial charge is 0.382 e. The van der Waals surface area contributed by atoms with Crippen LogP contribution in [-0.4, -0.2) is 23.9 Å². The highest BCUT2D eigenvalue weighted by atomic mass is 15.2. The molecule has 18 heavy (non-hydrogen) atoms. The maximum absolute atomic E-state index is 7.60. The quantitative estimate of drug-likeness (QED) is 0.621.